The number of halogens is 1. The molecule has 0 aliphatic heterocycles. The first kappa shape index (κ1) is 32.2. The molecule has 10 nitrogen and oxygen atoms in total. The molecule has 230 valence electrons. The number of fused-ring (bicyclic) bond motifs is 1. The molecule has 43 heavy (non-hydrogen) atoms. The van der Waals surface area contributed by atoms with Crippen LogP contribution in [0.1, 0.15) is 42.9 Å². The van der Waals surface area contributed by atoms with E-state index in [1.54, 1.807) is 32.5 Å². The highest BCUT2D eigenvalue weighted by atomic mass is 79.9. The minimum absolute atomic E-state index is 0.0999. The standard InChI is InChI=1S/C32H39BrN4O6/c1-19(2)43-23-17-25(30(41-7)34-18-23)29(24-14-20-13-22(33)9-10-26(20)35-31(24)42-8)32(38,11-12-37(3)4)21-15-27(39-5)36-28(16-21)40-6/h9-10,13-19,29,38H,11-12H2,1-8H3. The van der Waals surface area contributed by atoms with Crippen LogP contribution in [0.25, 0.3) is 10.9 Å². The van der Waals surface area contributed by atoms with Crippen molar-refractivity contribution in [2.24, 2.45) is 0 Å². The van der Waals surface area contributed by atoms with Crippen molar-refractivity contribution < 1.29 is 28.8 Å². The van der Waals surface area contributed by atoms with Gasteiger partial charge in [-0.2, -0.15) is 4.98 Å². The van der Waals surface area contributed by atoms with Gasteiger partial charge in [0.15, 0.2) is 0 Å². The van der Waals surface area contributed by atoms with Crippen LogP contribution in [0.2, 0.25) is 0 Å². The topological polar surface area (TPSA) is 108 Å². The van der Waals surface area contributed by atoms with E-state index < -0.39 is 11.5 Å². The molecule has 0 fully saturated rings. The molecule has 0 aliphatic carbocycles. The van der Waals surface area contributed by atoms with Crippen molar-refractivity contribution in [1.82, 2.24) is 19.9 Å². The first-order valence-electron chi connectivity index (χ1n) is 13.8. The molecule has 4 rings (SSSR count). The highest BCUT2D eigenvalue weighted by Gasteiger charge is 2.45. The molecule has 3 aromatic heterocycles. The third-order valence-corrected chi connectivity index (χ3v) is 7.61. The predicted octanol–water partition coefficient (Wildman–Crippen LogP) is 5.58. The fourth-order valence-electron chi connectivity index (χ4n) is 5.15. The van der Waals surface area contributed by atoms with E-state index in [0.717, 1.165) is 15.4 Å². The van der Waals surface area contributed by atoms with Gasteiger partial charge in [-0.3, -0.25) is 0 Å². The summed E-state index contributed by atoms with van der Waals surface area (Å²) >= 11 is 3.58. The lowest BCUT2D eigenvalue weighted by Gasteiger charge is -2.39. The number of aromatic nitrogens is 3. The lowest BCUT2D eigenvalue weighted by Crippen LogP contribution is -2.38. The monoisotopic (exact) mass is 654 g/mol. The average Bonchev–Trinajstić information content (AvgIpc) is 2.99. The van der Waals surface area contributed by atoms with Gasteiger partial charge in [-0.05, 0) is 70.3 Å². The summed E-state index contributed by atoms with van der Waals surface area (Å²) in [5, 5.41) is 14.1. The zero-order chi connectivity index (χ0) is 31.3. The smallest absolute Gasteiger partial charge is 0.217 e. The molecule has 2 unspecified atom stereocenters. The summed E-state index contributed by atoms with van der Waals surface area (Å²) in [6.07, 6.45) is 1.81. The highest BCUT2D eigenvalue weighted by molar-refractivity contribution is 9.10. The Morgan fingerprint density at radius 1 is 0.860 bits per heavy atom. The Bertz CT molecular complexity index is 1540. The maximum atomic E-state index is 13.2. The quantitative estimate of drug-likeness (QED) is 0.196. The van der Waals surface area contributed by atoms with Crippen LogP contribution in [0, 0.1) is 0 Å². The summed E-state index contributed by atoms with van der Waals surface area (Å²) in [7, 11) is 10.1. The third kappa shape index (κ3) is 7.11. The summed E-state index contributed by atoms with van der Waals surface area (Å²) in [5.74, 6) is 0.998. The van der Waals surface area contributed by atoms with E-state index in [-0.39, 0.29) is 6.10 Å². The molecule has 1 N–H and O–H groups in total. The van der Waals surface area contributed by atoms with E-state index in [1.165, 1.54) is 14.2 Å². The van der Waals surface area contributed by atoms with Crippen LogP contribution in [0.15, 0.2) is 53.1 Å². The van der Waals surface area contributed by atoms with Gasteiger partial charge in [0, 0.05) is 39.7 Å². The molecule has 11 heteroatoms. The van der Waals surface area contributed by atoms with Gasteiger partial charge in [0.1, 0.15) is 11.4 Å². The van der Waals surface area contributed by atoms with Gasteiger partial charge in [-0.25, -0.2) is 9.97 Å². The van der Waals surface area contributed by atoms with E-state index in [4.69, 9.17) is 28.7 Å². The van der Waals surface area contributed by atoms with Crippen molar-refractivity contribution in [1.29, 1.82) is 0 Å². The fraction of sp³-hybridized carbons (Fsp3) is 0.406. The lowest BCUT2D eigenvalue weighted by molar-refractivity contribution is 0.00252. The van der Waals surface area contributed by atoms with Gasteiger partial charge in [-0.15, -0.1) is 0 Å². The second kappa shape index (κ2) is 13.7. The predicted molar refractivity (Wildman–Crippen MR) is 169 cm³/mol. The summed E-state index contributed by atoms with van der Waals surface area (Å²) < 4.78 is 29.7. The summed E-state index contributed by atoms with van der Waals surface area (Å²) in [6.45, 7) is 4.42. The third-order valence-electron chi connectivity index (χ3n) is 7.12. The van der Waals surface area contributed by atoms with Crippen LogP contribution in [-0.2, 0) is 5.60 Å². The molecule has 2 atom stereocenters. The number of pyridine rings is 3. The number of hydrogen-bond donors (Lipinski definition) is 1. The second-order valence-corrected chi connectivity index (χ2v) is 11.6. The number of nitrogens with zero attached hydrogens (tertiary/aromatic N) is 4. The Morgan fingerprint density at radius 3 is 2.09 bits per heavy atom. The maximum Gasteiger partial charge on any atom is 0.217 e. The molecule has 0 saturated carbocycles. The fourth-order valence-corrected chi connectivity index (χ4v) is 5.53. The molecule has 3 heterocycles. The molecule has 0 radical (unpaired) electrons. The number of rotatable bonds is 13. The zero-order valence-electron chi connectivity index (χ0n) is 25.8. The van der Waals surface area contributed by atoms with E-state index in [1.807, 2.05) is 63.2 Å². The lowest BCUT2D eigenvalue weighted by atomic mass is 9.72. The molecular formula is C32H39BrN4O6. The summed E-state index contributed by atoms with van der Waals surface area (Å²) in [4.78, 5) is 15.9. The molecule has 0 spiro atoms. The van der Waals surface area contributed by atoms with Crippen LogP contribution >= 0.6 is 15.9 Å². The summed E-state index contributed by atoms with van der Waals surface area (Å²) in [5.41, 5.74) is 0.885. The van der Waals surface area contributed by atoms with Crippen molar-refractivity contribution in [2.45, 2.75) is 37.9 Å². The van der Waals surface area contributed by atoms with Gasteiger partial charge < -0.3 is 33.7 Å². The Labute approximate surface area is 261 Å². The number of aliphatic hydroxyl groups is 1. The minimum atomic E-state index is -1.60. The maximum absolute atomic E-state index is 13.2. The Kier molecular flexibility index (Phi) is 10.3. The molecule has 0 aliphatic rings. The number of methoxy groups -OCH3 is 4. The van der Waals surface area contributed by atoms with Crippen molar-refractivity contribution in [3.05, 3.63) is 69.8 Å². The van der Waals surface area contributed by atoms with Gasteiger partial charge in [0.05, 0.1) is 52.2 Å². The van der Waals surface area contributed by atoms with E-state index in [2.05, 4.69) is 25.9 Å². The summed E-state index contributed by atoms with van der Waals surface area (Å²) in [6, 6.07) is 13.1. The van der Waals surface area contributed by atoms with Crippen molar-refractivity contribution in [3.8, 4) is 29.3 Å². The molecular weight excluding hydrogens is 616 g/mol. The van der Waals surface area contributed by atoms with Crippen LogP contribution < -0.4 is 23.7 Å². The van der Waals surface area contributed by atoms with Gasteiger partial charge in [0.25, 0.3) is 0 Å². The van der Waals surface area contributed by atoms with Crippen molar-refractivity contribution >= 4 is 26.8 Å². The molecule has 1 aromatic carbocycles. The van der Waals surface area contributed by atoms with Gasteiger partial charge in [0.2, 0.25) is 23.5 Å². The van der Waals surface area contributed by atoms with Crippen molar-refractivity contribution in [2.75, 3.05) is 49.1 Å². The van der Waals surface area contributed by atoms with Crippen LogP contribution in [0.3, 0.4) is 0 Å². The van der Waals surface area contributed by atoms with E-state index in [0.29, 0.717) is 58.9 Å². The Morgan fingerprint density at radius 2 is 1.51 bits per heavy atom. The van der Waals surface area contributed by atoms with Crippen molar-refractivity contribution in [3.63, 3.8) is 0 Å². The first-order valence-corrected chi connectivity index (χ1v) is 14.6. The minimum Gasteiger partial charge on any atom is -0.489 e. The van der Waals surface area contributed by atoms with Crippen LogP contribution in [-0.4, -0.2) is 80.1 Å². The van der Waals surface area contributed by atoms with E-state index in [9.17, 15) is 5.11 Å². The first-order chi connectivity index (χ1) is 20.5. The van der Waals surface area contributed by atoms with Gasteiger partial charge in [-0.1, -0.05) is 15.9 Å². The number of benzene rings is 1. The Balaban J connectivity index is 2.14. The second-order valence-electron chi connectivity index (χ2n) is 10.7. The molecule has 0 saturated heterocycles. The highest BCUT2D eigenvalue weighted by Crippen LogP contribution is 2.50. The Hall–Kier alpha value is -3.67. The largest absolute Gasteiger partial charge is 0.489 e. The van der Waals surface area contributed by atoms with Gasteiger partial charge >= 0.3 is 0 Å². The normalized spacial score (nSPS) is 13.6. The SMILES string of the molecule is COc1cc(C(O)(CCN(C)C)C(c2cc(OC(C)C)cnc2OC)c2cc3cc(Br)ccc3nc2OC)cc(OC)n1. The average molecular weight is 656 g/mol. The zero-order valence-corrected chi connectivity index (χ0v) is 27.4. The molecule has 4 aromatic rings. The van der Waals surface area contributed by atoms with Crippen LogP contribution in [0.4, 0.5) is 0 Å². The molecule has 0 bridgehead atoms. The number of ether oxygens (including phenoxy) is 5. The molecule has 0 amide bonds. The number of hydrogen-bond acceptors (Lipinski definition) is 10. The van der Waals surface area contributed by atoms with E-state index >= 15 is 0 Å². The van der Waals surface area contributed by atoms with Crippen LogP contribution in [0.5, 0.6) is 29.3 Å².